The minimum atomic E-state index is -0.458. The predicted octanol–water partition coefficient (Wildman–Crippen LogP) is 5.36. The fraction of sp³-hybridized carbons (Fsp3) is 0.136. The lowest BCUT2D eigenvalue weighted by Crippen LogP contribution is -2.13. The van der Waals surface area contributed by atoms with Crippen molar-refractivity contribution in [3.05, 3.63) is 76.3 Å². The fourth-order valence-electron chi connectivity index (χ4n) is 2.61. The van der Waals surface area contributed by atoms with Crippen LogP contribution >= 0.6 is 11.3 Å². The summed E-state index contributed by atoms with van der Waals surface area (Å²) in [7, 11) is 0. The highest BCUT2D eigenvalue weighted by Gasteiger charge is 2.26. The SMILES string of the molecule is N#CC(=Cc1csc(C2CC2)n1)C(=O)Nc1ccc(Oc2ccccc2)cc1. The summed E-state index contributed by atoms with van der Waals surface area (Å²) in [4.78, 5) is 16.9. The van der Waals surface area contributed by atoms with Gasteiger partial charge in [-0.05, 0) is 55.3 Å². The molecule has 1 aliphatic rings. The highest BCUT2D eigenvalue weighted by Crippen LogP contribution is 2.41. The first-order chi connectivity index (χ1) is 13.7. The molecule has 0 radical (unpaired) electrons. The van der Waals surface area contributed by atoms with Crippen LogP contribution in [0.15, 0.2) is 65.6 Å². The topological polar surface area (TPSA) is 75.0 Å². The third-order valence-electron chi connectivity index (χ3n) is 4.21. The minimum Gasteiger partial charge on any atom is -0.457 e. The Balaban J connectivity index is 1.41. The molecule has 0 spiro atoms. The number of rotatable bonds is 6. The molecule has 0 aliphatic heterocycles. The van der Waals surface area contributed by atoms with Crippen LogP contribution in [0, 0.1) is 11.3 Å². The number of aromatic nitrogens is 1. The molecular formula is C22H17N3O2S. The Morgan fingerprint density at radius 3 is 2.54 bits per heavy atom. The van der Waals surface area contributed by atoms with Gasteiger partial charge in [-0.3, -0.25) is 4.79 Å². The molecule has 5 nitrogen and oxygen atoms in total. The summed E-state index contributed by atoms with van der Waals surface area (Å²) >= 11 is 1.58. The number of benzene rings is 2. The van der Waals surface area contributed by atoms with Gasteiger partial charge in [0, 0.05) is 17.0 Å². The molecule has 1 heterocycles. The molecule has 0 unspecified atom stereocenters. The summed E-state index contributed by atoms with van der Waals surface area (Å²) in [6, 6.07) is 18.4. The molecule has 1 amide bonds. The smallest absolute Gasteiger partial charge is 0.266 e. The van der Waals surface area contributed by atoms with Gasteiger partial charge in [0.1, 0.15) is 23.1 Å². The third kappa shape index (κ3) is 4.45. The lowest BCUT2D eigenvalue weighted by molar-refractivity contribution is -0.112. The molecule has 1 aromatic heterocycles. The van der Waals surface area contributed by atoms with Gasteiger partial charge in [0.15, 0.2) is 0 Å². The zero-order chi connectivity index (χ0) is 19.3. The number of hydrogen-bond donors (Lipinski definition) is 1. The van der Waals surface area contributed by atoms with E-state index < -0.39 is 5.91 Å². The summed E-state index contributed by atoms with van der Waals surface area (Å²) in [5.74, 6) is 1.50. The number of anilines is 1. The summed E-state index contributed by atoms with van der Waals surface area (Å²) in [6.45, 7) is 0. The Hall–Kier alpha value is -3.43. The number of nitrogens with zero attached hydrogens (tertiary/aromatic N) is 2. The van der Waals surface area contributed by atoms with Crippen molar-refractivity contribution in [2.24, 2.45) is 0 Å². The average molecular weight is 387 g/mol. The first-order valence-electron chi connectivity index (χ1n) is 8.93. The molecule has 1 aliphatic carbocycles. The highest BCUT2D eigenvalue weighted by molar-refractivity contribution is 7.09. The van der Waals surface area contributed by atoms with Crippen molar-refractivity contribution in [1.29, 1.82) is 5.26 Å². The van der Waals surface area contributed by atoms with E-state index in [4.69, 9.17) is 4.74 Å². The van der Waals surface area contributed by atoms with Crippen molar-refractivity contribution >= 4 is 29.0 Å². The van der Waals surface area contributed by atoms with Crippen molar-refractivity contribution in [3.8, 4) is 17.6 Å². The lowest BCUT2D eigenvalue weighted by atomic mass is 10.2. The van der Waals surface area contributed by atoms with E-state index in [0.29, 0.717) is 23.0 Å². The first-order valence-corrected chi connectivity index (χ1v) is 9.81. The molecule has 0 bridgehead atoms. The molecule has 4 rings (SSSR count). The normalized spacial score (nSPS) is 13.6. The van der Waals surface area contributed by atoms with E-state index in [2.05, 4.69) is 10.3 Å². The zero-order valence-corrected chi connectivity index (χ0v) is 15.8. The monoisotopic (exact) mass is 387 g/mol. The van der Waals surface area contributed by atoms with Crippen molar-refractivity contribution in [3.63, 3.8) is 0 Å². The summed E-state index contributed by atoms with van der Waals surface area (Å²) < 4.78 is 5.73. The molecule has 3 aromatic rings. The van der Waals surface area contributed by atoms with Gasteiger partial charge in [0.25, 0.3) is 5.91 Å². The van der Waals surface area contributed by atoms with Crippen LogP contribution in [-0.2, 0) is 4.79 Å². The maximum absolute atomic E-state index is 12.4. The average Bonchev–Trinajstić information content (AvgIpc) is 3.47. The molecule has 0 atom stereocenters. The number of thiazole rings is 1. The predicted molar refractivity (Wildman–Crippen MR) is 109 cm³/mol. The number of nitriles is 1. The maximum Gasteiger partial charge on any atom is 0.266 e. The van der Waals surface area contributed by atoms with Gasteiger partial charge in [0.2, 0.25) is 0 Å². The van der Waals surface area contributed by atoms with Crippen LogP contribution in [0.5, 0.6) is 11.5 Å². The quantitative estimate of drug-likeness (QED) is 0.456. The van der Waals surface area contributed by atoms with E-state index in [0.717, 1.165) is 10.8 Å². The highest BCUT2D eigenvalue weighted by atomic mass is 32.1. The number of ether oxygens (including phenoxy) is 1. The largest absolute Gasteiger partial charge is 0.457 e. The Kier molecular flexibility index (Phi) is 5.18. The fourth-order valence-corrected chi connectivity index (χ4v) is 3.56. The van der Waals surface area contributed by atoms with Crippen molar-refractivity contribution in [1.82, 2.24) is 4.98 Å². The molecular weight excluding hydrogens is 370 g/mol. The Labute approximate surface area is 166 Å². The van der Waals surface area contributed by atoms with Crippen LogP contribution in [0.2, 0.25) is 0 Å². The van der Waals surface area contributed by atoms with E-state index in [9.17, 15) is 10.1 Å². The van der Waals surface area contributed by atoms with Crippen LogP contribution in [0.25, 0.3) is 6.08 Å². The molecule has 1 fully saturated rings. The number of para-hydroxylation sites is 1. The summed E-state index contributed by atoms with van der Waals surface area (Å²) in [5, 5.41) is 15.0. The number of nitrogens with one attached hydrogen (secondary N) is 1. The van der Waals surface area contributed by atoms with E-state index in [-0.39, 0.29) is 5.57 Å². The molecule has 28 heavy (non-hydrogen) atoms. The van der Waals surface area contributed by atoms with Crippen LogP contribution < -0.4 is 10.1 Å². The Morgan fingerprint density at radius 1 is 1.14 bits per heavy atom. The Morgan fingerprint density at radius 2 is 1.86 bits per heavy atom. The van der Waals surface area contributed by atoms with Crippen molar-refractivity contribution < 1.29 is 9.53 Å². The molecule has 2 aromatic carbocycles. The van der Waals surface area contributed by atoms with Crippen molar-refractivity contribution in [2.75, 3.05) is 5.32 Å². The van der Waals surface area contributed by atoms with E-state index in [1.807, 2.05) is 41.8 Å². The van der Waals surface area contributed by atoms with Gasteiger partial charge in [-0.25, -0.2) is 4.98 Å². The van der Waals surface area contributed by atoms with E-state index >= 15 is 0 Å². The molecule has 6 heteroatoms. The third-order valence-corrected chi connectivity index (χ3v) is 5.24. The number of hydrogen-bond acceptors (Lipinski definition) is 5. The lowest BCUT2D eigenvalue weighted by Gasteiger charge is -2.07. The van der Waals surface area contributed by atoms with Gasteiger partial charge in [-0.15, -0.1) is 11.3 Å². The van der Waals surface area contributed by atoms with Crippen LogP contribution in [0.3, 0.4) is 0 Å². The van der Waals surface area contributed by atoms with Gasteiger partial charge < -0.3 is 10.1 Å². The van der Waals surface area contributed by atoms with E-state index in [1.54, 1.807) is 35.6 Å². The van der Waals surface area contributed by atoms with Crippen LogP contribution in [-0.4, -0.2) is 10.9 Å². The minimum absolute atomic E-state index is 0.0252. The van der Waals surface area contributed by atoms with Crippen molar-refractivity contribution in [2.45, 2.75) is 18.8 Å². The number of amides is 1. The van der Waals surface area contributed by atoms with Gasteiger partial charge >= 0.3 is 0 Å². The summed E-state index contributed by atoms with van der Waals surface area (Å²) in [5.41, 5.74) is 1.27. The second-order valence-electron chi connectivity index (χ2n) is 6.45. The second-order valence-corrected chi connectivity index (χ2v) is 7.34. The number of carbonyl (C=O) groups is 1. The second kappa shape index (κ2) is 8.07. The molecule has 0 saturated heterocycles. The maximum atomic E-state index is 12.4. The zero-order valence-electron chi connectivity index (χ0n) is 15.0. The molecule has 138 valence electrons. The van der Waals surface area contributed by atoms with E-state index in [1.165, 1.54) is 18.9 Å². The van der Waals surface area contributed by atoms with Gasteiger partial charge in [-0.1, -0.05) is 18.2 Å². The number of carbonyl (C=O) groups excluding carboxylic acids is 1. The van der Waals surface area contributed by atoms with Crippen LogP contribution in [0.4, 0.5) is 5.69 Å². The summed E-state index contributed by atoms with van der Waals surface area (Å²) in [6.07, 6.45) is 3.88. The van der Waals surface area contributed by atoms with Gasteiger partial charge in [0.05, 0.1) is 10.7 Å². The molecule has 1 N–H and O–H groups in total. The molecule has 1 saturated carbocycles. The Bertz CT molecular complexity index is 1050. The first kappa shape index (κ1) is 18.0. The van der Waals surface area contributed by atoms with Gasteiger partial charge in [-0.2, -0.15) is 5.26 Å². The van der Waals surface area contributed by atoms with Crippen LogP contribution in [0.1, 0.15) is 29.5 Å². The standard InChI is InChI=1S/C22H17N3O2S/c23-13-16(12-18-14-28-22(25-18)15-6-7-15)21(26)24-17-8-10-20(11-9-17)27-19-4-2-1-3-5-19/h1-5,8-12,14-15H,6-7H2,(H,24,26).